The van der Waals surface area contributed by atoms with Crippen LogP contribution >= 0.6 is 0 Å². The topological polar surface area (TPSA) is 162 Å². The number of morpholine rings is 1. The zero-order chi connectivity index (χ0) is 36.6. The number of halogens is 2. The second-order valence-electron chi connectivity index (χ2n) is 12.9. The molecule has 15 nitrogen and oxygen atoms in total. The van der Waals surface area contributed by atoms with E-state index in [9.17, 15) is 23.5 Å². The van der Waals surface area contributed by atoms with E-state index in [-0.39, 0.29) is 42.1 Å². The summed E-state index contributed by atoms with van der Waals surface area (Å²) >= 11 is 0. The fourth-order valence-electron chi connectivity index (χ4n) is 6.99. The van der Waals surface area contributed by atoms with Crippen LogP contribution in [0.25, 0.3) is 17.0 Å². The molecule has 0 aromatic carbocycles. The Kier molecular flexibility index (Phi) is 9.80. The van der Waals surface area contributed by atoms with Crippen molar-refractivity contribution in [3.05, 3.63) is 54.0 Å². The number of carbonyl (C=O) groups excluding carboxylic acids is 1. The molecule has 0 unspecified atom stereocenters. The fraction of sp³-hybridized carbons (Fsp3) is 0.486. The number of alkyl halides is 2. The zero-order valence-electron chi connectivity index (χ0n) is 28.9. The van der Waals surface area contributed by atoms with Crippen molar-refractivity contribution in [2.45, 2.75) is 50.5 Å². The first-order chi connectivity index (χ1) is 25.1. The molecule has 0 aliphatic carbocycles. The minimum Gasteiger partial charge on any atom is -0.480 e. The van der Waals surface area contributed by atoms with Crippen molar-refractivity contribution in [1.82, 2.24) is 24.8 Å². The van der Waals surface area contributed by atoms with Crippen LogP contribution in [0.2, 0.25) is 0 Å². The number of nitrogens with zero attached hydrogens (tertiary/aromatic N) is 7. The summed E-state index contributed by atoms with van der Waals surface area (Å²) < 4.78 is 56.9. The Morgan fingerprint density at radius 2 is 1.96 bits per heavy atom. The van der Waals surface area contributed by atoms with Gasteiger partial charge in [0.1, 0.15) is 29.3 Å². The lowest BCUT2D eigenvalue weighted by atomic mass is 9.90. The van der Waals surface area contributed by atoms with Crippen LogP contribution in [-0.4, -0.2) is 126 Å². The van der Waals surface area contributed by atoms with Gasteiger partial charge < -0.3 is 43.5 Å². The van der Waals surface area contributed by atoms with Gasteiger partial charge in [-0.1, -0.05) is 12.1 Å². The standard InChI is InChI=1S/C35H39F2N7O8/c1-4-50-29-7-5-6-24(39-29)25-14-28(41-31(40-25)30(36)37)44-17-23(13-27(44)33(45)46)52-32-26(43-10-11-51-35(20(43)2)18-49-19-35)12-22(15-38-32)21-8-9-42(16-21)34(47)48-3/h5-8,12,14-15,20,23,27,30H,4,9-11,13,16-19H2,1-3H3,(H,45,46)/t20-,23-,27-/m0/s1. The normalized spacial score (nSPS) is 22.4. The molecule has 0 bridgehead atoms. The number of hydrogen-bond donors (Lipinski definition) is 1. The molecule has 3 fully saturated rings. The molecule has 4 aliphatic rings. The van der Waals surface area contributed by atoms with Crippen LogP contribution in [0.15, 0.2) is 42.6 Å². The number of carboxylic acid groups (broad SMARTS) is 1. The largest absolute Gasteiger partial charge is 0.480 e. The van der Waals surface area contributed by atoms with Gasteiger partial charge in [-0.15, -0.1) is 0 Å². The second-order valence-corrected chi connectivity index (χ2v) is 12.9. The van der Waals surface area contributed by atoms with E-state index in [1.165, 1.54) is 18.1 Å². The Hall–Kier alpha value is -5.16. The van der Waals surface area contributed by atoms with E-state index in [0.717, 1.165) is 11.1 Å². The van der Waals surface area contributed by atoms with Gasteiger partial charge in [0, 0.05) is 44.4 Å². The maximum atomic E-state index is 14.1. The lowest BCUT2D eigenvalue weighted by molar-refractivity contribution is -0.228. The molecule has 4 aliphatic heterocycles. The Labute approximate surface area is 298 Å². The van der Waals surface area contributed by atoms with Crippen LogP contribution in [0.3, 0.4) is 0 Å². The highest BCUT2D eigenvalue weighted by atomic mass is 19.3. The van der Waals surface area contributed by atoms with E-state index in [2.05, 4.69) is 26.8 Å². The fourth-order valence-corrected chi connectivity index (χ4v) is 6.99. The van der Waals surface area contributed by atoms with E-state index in [1.807, 2.05) is 12.1 Å². The number of aliphatic carboxylic acids is 1. The van der Waals surface area contributed by atoms with E-state index in [4.69, 9.17) is 28.7 Å². The number of aromatic nitrogens is 4. The van der Waals surface area contributed by atoms with Crippen molar-refractivity contribution >= 4 is 29.1 Å². The summed E-state index contributed by atoms with van der Waals surface area (Å²) in [4.78, 5) is 47.2. The minimum absolute atomic E-state index is 0.00278. The molecule has 7 rings (SSSR count). The molecule has 7 heterocycles. The monoisotopic (exact) mass is 723 g/mol. The van der Waals surface area contributed by atoms with Gasteiger partial charge in [-0.25, -0.2) is 38.3 Å². The minimum atomic E-state index is -3.02. The van der Waals surface area contributed by atoms with Crippen molar-refractivity contribution in [3.63, 3.8) is 0 Å². The summed E-state index contributed by atoms with van der Waals surface area (Å²) in [5.41, 5.74) is 2.22. The van der Waals surface area contributed by atoms with Gasteiger partial charge in [0.25, 0.3) is 6.43 Å². The van der Waals surface area contributed by atoms with Crippen LogP contribution in [0, 0.1) is 0 Å². The molecule has 3 saturated heterocycles. The maximum absolute atomic E-state index is 14.1. The van der Waals surface area contributed by atoms with Gasteiger partial charge in [-0.2, -0.15) is 0 Å². The second kappa shape index (κ2) is 14.5. The average Bonchev–Trinajstić information content (AvgIpc) is 3.80. The third kappa shape index (κ3) is 6.77. The van der Waals surface area contributed by atoms with Gasteiger partial charge in [-0.3, -0.25) is 0 Å². The highest BCUT2D eigenvalue weighted by Crippen LogP contribution is 2.41. The summed E-state index contributed by atoms with van der Waals surface area (Å²) in [5, 5.41) is 10.3. The van der Waals surface area contributed by atoms with E-state index in [0.29, 0.717) is 57.6 Å². The number of rotatable bonds is 10. The van der Waals surface area contributed by atoms with Crippen molar-refractivity contribution < 1.29 is 47.2 Å². The summed E-state index contributed by atoms with van der Waals surface area (Å²) in [6.07, 6.45) is -0.528. The molecule has 1 spiro atoms. The number of carbonyl (C=O) groups is 2. The number of methoxy groups -OCH3 is 1. The molecular weight excluding hydrogens is 684 g/mol. The van der Waals surface area contributed by atoms with Gasteiger partial charge in [-0.05, 0) is 37.1 Å². The number of pyridine rings is 2. The molecule has 1 N–H and O–H groups in total. The van der Waals surface area contributed by atoms with Crippen molar-refractivity contribution in [2.75, 3.05) is 69.5 Å². The van der Waals surface area contributed by atoms with Crippen LogP contribution in [0.4, 0.5) is 25.1 Å². The maximum Gasteiger partial charge on any atom is 0.410 e. The highest BCUT2D eigenvalue weighted by Gasteiger charge is 2.50. The van der Waals surface area contributed by atoms with Crippen LogP contribution in [0.5, 0.6) is 11.8 Å². The van der Waals surface area contributed by atoms with E-state index < -0.39 is 42.1 Å². The molecule has 276 valence electrons. The Morgan fingerprint density at radius 1 is 1.13 bits per heavy atom. The molecule has 3 aromatic heterocycles. The first kappa shape index (κ1) is 35.3. The number of ether oxygens (including phenoxy) is 5. The zero-order valence-corrected chi connectivity index (χ0v) is 28.9. The highest BCUT2D eigenvalue weighted by molar-refractivity contribution is 5.80. The molecule has 0 radical (unpaired) electrons. The third-order valence-electron chi connectivity index (χ3n) is 9.83. The molecule has 17 heteroatoms. The molecule has 0 saturated carbocycles. The summed E-state index contributed by atoms with van der Waals surface area (Å²) in [6.45, 7) is 6.82. The van der Waals surface area contributed by atoms with E-state index >= 15 is 0 Å². The van der Waals surface area contributed by atoms with Gasteiger partial charge in [0.15, 0.2) is 5.82 Å². The van der Waals surface area contributed by atoms with Crippen molar-refractivity contribution in [3.8, 4) is 23.1 Å². The number of hydrogen-bond acceptors (Lipinski definition) is 13. The number of anilines is 2. The van der Waals surface area contributed by atoms with Crippen molar-refractivity contribution in [2.24, 2.45) is 0 Å². The van der Waals surface area contributed by atoms with Crippen LogP contribution < -0.4 is 19.3 Å². The van der Waals surface area contributed by atoms with Crippen molar-refractivity contribution in [1.29, 1.82) is 0 Å². The molecule has 52 heavy (non-hydrogen) atoms. The van der Waals surface area contributed by atoms with Gasteiger partial charge in [0.05, 0.1) is 57.5 Å². The molecule has 3 aromatic rings. The first-order valence-electron chi connectivity index (χ1n) is 17.0. The smallest absolute Gasteiger partial charge is 0.410 e. The summed E-state index contributed by atoms with van der Waals surface area (Å²) in [7, 11) is 1.34. The summed E-state index contributed by atoms with van der Waals surface area (Å²) in [6, 6.07) is 7.05. The quantitative estimate of drug-likeness (QED) is 0.321. The molecular formula is C35H39F2N7O8. The predicted octanol–water partition coefficient (Wildman–Crippen LogP) is 3.84. The Balaban J connectivity index is 1.20. The first-order valence-corrected chi connectivity index (χ1v) is 17.0. The van der Waals surface area contributed by atoms with Crippen LogP contribution in [-0.2, 0) is 19.0 Å². The lowest BCUT2D eigenvalue weighted by Gasteiger charge is -2.53. The Bertz CT molecular complexity index is 1860. The summed E-state index contributed by atoms with van der Waals surface area (Å²) in [5.74, 6) is -1.35. The predicted molar refractivity (Wildman–Crippen MR) is 182 cm³/mol. The molecule has 3 atom stereocenters. The number of amides is 1. The van der Waals surface area contributed by atoms with Gasteiger partial charge in [0.2, 0.25) is 11.8 Å². The number of carboxylic acids is 1. The Morgan fingerprint density at radius 3 is 2.67 bits per heavy atom. The van der Waals surface area contributed by atoms with Crippen LogP contribution in [0.1, 0.15) is 38.1 Å². The SMILES string of the molecule is CCOc1cccc(-c2cc(N3C[C@@H](Oc4ncc(C5=CCN(C(=O)OC)C5)cc4N4CCOC5(COC5)[C@@H]4C)C[C@H]3C(=O)O)nc(C(F)F)n2)n1. The average molecular weight is 724 g/mol. The van der Waals surface area contributed by atoms with E-state index in [1.54, 1.807) is 36.2 Å². The third-order valence-corrected chi connectivity index (χ3v) is 9.83. The molecule has 1 amide bonds. The lowest BCUT2D eigenvalue weighted by Crippen LogP contribution is -2.68. The van der Waals surface area contributed by atoms with Gasteiger partial charge >= 0.3 is 12.1 Å².